The van der Waals surface area contributed by atoms with Gasteiger partial charge in [0.15, 0.2) is 0 Å². The topological polar surface area (TPSA) is 0 Å². The monoisotopic (exact) mass is 292 g/mol. The maximum absolute atomic E-state index is 0. The Morgan fingerprint density at radius 2 is 0.600 bits per heavy atom. The van der Waals surface area contributed by atoms with Crippen LogP contribution in [-0.2, 0) is 0 Å². The van der Waals surface area contributed by atoms with Crippen molar-refractivity contribution in [3.63, 3.8) is 0 Å². The standard InChI is InChI=1S/CH4.3BrH.ClH/h1H4;4*1H. The van der Waals surface area contributed by atoms with Crippen molar-refractivity contribution in [2.24, 2.45) is 0 Å². The molecule has 0 heterocycles. The fourth-order valence-electron chi connectivity index (χ4n) is 0. The van der Waals surface area contributed by atoms with Crippen LogP contribution in [0.25, 0.3) is 0 Å². The Kier molecular flexibility index (Phi) is 632. The summed E-state index contributed by atoms with van der Waals surface area (Å²) in [5.74, 6) is 0. The minimum absolute atomic E-state index is 0. The molecule has 0 atom stereocenters. The summed E-state index contributed by atoms with van der Waals surface area (Å²) in [7, 11) is 0. The molecule has 0 aliphatic heterocycles. The van der Waals surface area contributed by atoms with Crippen molar-refractivity contribution in [3.05, 3.63) is 0 Å². The highest BCUT2D eigenvalue weighted by Gasteiger charge is -0.0775. The molecular weight excluding hydrogens is 287 g/mol. The first-order valence-corrected chi connectivity index (χ1v) is 0. The van der Waals surface area contributed by atoms with E-state index in [1.54, 1.807) is 0 Å². The van der Waals surface area contributed by atoms with E-state index < -0.39 is 0 Å². The molecule has 0 aliphatic rings. The first kappa shape index (κ1) is 73.8. The number of hydrogen-bond acceptors (Lipinski definition) is 0. The van der Waals surface area contributed by atoms with Crippen LogP contribution in [0, 0.1) is 0 Å². The summed E-state index contributed by atoms with van der Waals surface area (Å²) in [6.45, 7) is 0. The van der Waals surface area contributed by atoms with Gasteiger partial charge >= 0.3 is 0 Å². The van der Waals surface area contributed by atoms with Crippen LogP contribution >= 0.6 is 63.4 Å². The van der Waals surface area contributed by atoms with E-state index in [9.17, 15) is 0 Å². The predicted molar refractivity (Wildman–Crippen MR) is 44.9 cm³/mol. The van der Waals surface area contributed by atoms with Crippen molar-refractivity contribution >= 4 is 63.4 Å². The summed E-state index contributed by atoms with van der Waals surface area (Å²) in [4.78, 5) is 0. The molecule has 0 amide bonds. The molecule has 0 aromatic rings. The van der Waals surface area contributed by atoms with Crippen molar-refractivity contribution in [1.29, 1.82) is 0 Å². The molecule has 0 aromatic heterocycles. The van der Waals surface area contributed by atoms with Crippen LogP contribution in [0.3, 0.4) is 0 Å². The highest BCUT2D eigenvalue weighted by Crippen LogP contribution is 0.848. The summed E-state index contributed by atoms with van der Waals surface area (Å²) in [5.41, 5.74) is 0. The van der Waals surface area contributed by atoms with Crippen LogP contribution in [0.5, 0.6) is 0 Å². The van der Waals surface area contributed by atoms with Crippen LogP contribution in [0.15, 0.2) is 0 Å². The second kappa shape index (κ2) is 42.8. The summed E-state index contributed by atoms with van der Waals surface area (Å²) >= 11 is 0. The van der Waals surface area contributed by atoms with Crippen molar-refractivity contribution in [2.45, 2.75) is 7.43 Å². The van der Waals surface area contributed by atoms with E-state index in [0.717, 1.165) is 0 Å². The molecule has 0 spiro atoms. The first-order valence-electron chi connectivity index (χ1n) is 0. The third kappa shape index (κ3) is 26.6. The molecule has 0 saturated heterocycles. The molecule has 0 unspecified atom stereocenters. The minimum atomic E-state index is 0. The van der Waals surface area contributed by atoms with E-state index in [1.807, 2.05) is 0 Å². The SMILES string of the molecule is Br.Br.Br.C.Cl. The van der Waals surface area contributed by atoms with Crippen LogP contribution < -0.4 is 0 Å². The van der Waals surface area contributed by atoms with Gasteiger partial charge in [0.25, 0.3) is 0 Å². The Morgan fingerprint density at radius 3 is 0.600 bits per heavy atom. The van der Waals surface area contributed by atoms with Gasteiger partial charge in [-0.1, -0.05) is 7.43 Å². The van der Waals surface area contributed by atoms with Crippen molar-refractivity contribution in [3.8, 4) is 0 Å². The van der Waals surface area contributed by atoms with E-state index in [-0.39, 0.29) is 70.8 Å². The molecule has 4 heteroatoms. The average molecular weight is 295 g/mol. The Bertz CT molecular complexity index is 6.85. The Balaban J connectivity index is 0. The molecule has 0 radical (unpaired) electrons. The summed E-state index contributed by atoms with van der Waals surface area (Å²) < 4.78 is 0. The molecule has 40 valence electrons. The highest BCUT2D eigenvalue weighted by molar-refractivity contribution is 8.93. The molecule has 0 nitrogen and oxygen atoms in total. The molecule has 0 fully saturated rings. The Morgan fingerprint density at radius 1 is 0.600 bits per heavy atom. The number of halogens is 4. The van der Waals surface area contributed by atoms with E-state index in [4.69, 9.17) is 0 Å². The molecule has 0 saturated carbocycles. The van der Waals surface area contributed by atoms with Gasteiger partial charge in [-0.3, -0.25) is 0 Å². The molecule has 0 aromatic carbocycles. The molecule has 0 rings (SSSR count). The Hall–Kier alpha value is 1.73. The zero-order chi connectivity index (χ0) is 0. The molecular formula is CH8Br3Cl. The molecule has 0 aliphatic carbocycles. The minimum Gasteiger partial charge on any atom is -0.147 e. The molecule has 5 heavy (non-hydrogen) atoms. The summed E-state index contributed by atoms with van der Waals surface area (Å²) in [6, 6.07) is 0. The first-order chi connectivity index (χ1) is 0. The van der Waals surface area contributed by atoms with Gasteiger partial charge < -0.3 is 0 Å². The summed E-state index contributed by atoms with van der Waals surface area (Å²) in [5, 5.41) is 0. The Labute approximate surface area is 70.4 Å². The van der Waals surface area contributed by atoms with Gasteiger partial charge in [0.05, 0.1) is 0 Å². The second-order valence-electron chi connectivity index (χ2n) is 0. The lowest BCUT2D eigenvalue weighted by Gasteiger charge is -0.147. The van der Waals surface area contributed by atoms with Crippen LogP contribution in [0.1, 0.15) is 7.43 Å². The van der Waals surface area contributed by atoms with E-state index in [0.29, 0.717) is 0 Å². The van der Waals surface area contributed by atoms with E-state index >= 15 is 0 Å². The van der Waals surface area contributed by atoms with Crippen molar-refractivity contribution in [2.75, 3.05) is 0 Å². The van der Waals surface area contributed by atoms with Gasteiger partial charge in [-0.15, -0.1) is 63.4 Å². The average Bonchev–Trinajstić information content (AvgIpc) is 0. The normalized spacial score (nSPS) is 0. The number of hydrogen-bond donors (Lipinski definition) is 0. The molecule has 0 bridgehead atoms. The van der Waals surface area contributed by atoms with Gasteiger partial charge in [0.1, 0.15) is 0 Å². The van der Waals surface area contributed by atoms with Crippen molar-refractivity contribution in [1.82, 2.24) is 0 Å². The smallest absolute Gasteiger partial charge is 0.0776 e. The maximum atomic E-state index is 0. The lowest BCUT2D eigenvalue weighted by molar-refractivity contribution is 2.50. The fraction of sp³-hybridized carbons (Fsp3) is 1.00. The van der Waals surface area contributed by atoms with E-state index in [2.05, 4.69) is 0 Å². The number of rotatable bonds is 0. The van der Waals surface area contributed by atoms with Crippen LogP contribution in [-0.4, -0.2) is 0 Å². The van der Waals surface area contributed by atoms with Gasteiger partial charge in [0.2, 0.25) is 0 Å². The van der Waals surface area contributed by atoms with Gasteiger partial charge in [-0.05, 0) is 0 Å². The quantitative estimate of drug-likeness (QED) is 0.644. The second-order valence-corrected chi connectivity index (χ2v) is 0. The fourth-order valence-corrected chi connectivity index (χ4v) is 0. The third-order valence-corrected chi connectivity index (χ3v) is 0. The predicted octanol–water partition coefficient (Wildman–Crippen LogP) is 2.79. The van der Waals surface area contributed by atoms with Gasteiger partial charge in [-0.2, -0.15) is 0 Å². The third-order valence-electron chi connectivity index (χ3n) is 0. The molecule has 0 N–H and O–H groups in total. The zero-order valence-electron chi connectivity index (χ0n) is 1.63. The lowest BCUT2D eigenvalue weighted by Crippen LogP contribution is 0.144. The van der Waals surface area contributed by atoms with Crippen LogP contribution in [0.2, 0.25) is 0 Å². The van der Waals surface area contributed by atoms with Gasteiger partial charge in [0, 0.05) is 0 Å². The van der Waals surface area contributed by atoms with E-state index in [1.165, 1.54) is 0 Å². The van der Waals surface area contributed by atoms with Crippen LogP contribution in [0.4, 0.5) is 0 Å². The van der Waals surface area contributed by atoms with Crippen molar-refractivity contribution < 1.29 is 0 Å². The zero-order valence-corrected chi connectivity index (χ0v) is 7.59. The summed E-state index contributed by atoms with van der Waals surface area (Å²) in [6.07, 6.45) is 0. The maximum Gasteiger partial charge on any atom is -0.0776 e. The van der Waals surface area contributed by atoms with Gasteiger partial charge in [-0.25, -0.2) is 0 Å². The highest BCUT2D eigenvalue weighted by atomic mass is 79.9. The largest absolute Gasteiger partial charge is 0.147 e. The lowest BCUT2D eigenvalue weighted by atomic mass is 12.0.